The van der Waals surface area contributed by atoms with Gasteiger partial charge in [0.2, 0.25) is 0 Å². The molecule has 0 aliphatic heterocycles. The normalized spacial score (nSPS) is 10.7. The first-order valence-electron chi connectivity index (χ1n) is 2.50. The van der Waals surface area contributed by atoms with Crippen molar-refractivity contribution in [2.75, 3.05) is 0 Å². The van der Waals surface area contributed by atoms with E-state index in [4.69, 9.17) is 23.2 Å². The average Bonchev–Trinajstić information content (AvgIpc) is 2.14. The predicted octanol–water partition coefficient (Wildman–Crippen LogP) is 2.19. The van der Waals surface area contributed by atoms with Crippen LogP contribution in [-0.4, -0.2) is 9.97 Å². The van der Waals surface area contributed by atoms with E-state index in [9.17, 15) is 0 Å². The van der Waals surface area contributed by atoms with Crippen LogP contribution in [-0.2, 0) is 0 Å². The van der Waals surface area contributed by atoms with Gasteiger partial charge in [-0.1, -0.05) is 23.2 Å². The molecule has 1 heterocycles. The highest BCUT2D eigenvalue weighted by Crippen LogP contribution is 2.21. The van der Waals surface area contributed by atoms with Gasteiger partial charge in [-0.15, -0.1) is 0 Å². The zero-order valence-corrected chi connectivity index (χ0v) is 6.37. The van der Waals surface area contributed by atoms with E-state index >= 15 is 0 Å². The number of H-pyrrole nitrogens is 1. The summed E-state index contributed by atoms with van der Waals surface area (Å²) in [5, 5.41) is 0. The fraction of sp³-hybridized carbons (Fsp3) is 0.400. The van der Waals surface area contributed by atoms with Crippen molar-refractivity contribution in [3.63, 3.8) is 0 Å². The molecule has 4 heteroatoms. The lowest BCUT2D eigenvalue weighted by molar-refractivity contribution is 1.11. The number of imidazole rings is 1. The van der Waals surface area contributed by atoms with E-state index in [1.165, 1.54) is 0 Å². The minimum atomic E-state index is -0.494. The van der Waals surface area contributed by atoms with Crippen LogP contribution in [0.15, 0.2) is 6.20 Å². The Morgan fingerprint density at radius 1 is 1.67 bits per heavy atom. The maximum absolute atomic E-state index is 5.51. The fourth-order valence-electron chi connectivity index (χ4n) is 0.551. The third kappa shape index (κ3) is 1.60. The molecule has 0 saturated heterocycles. The van der Waals surface area contributed by atoms with Gasteiger partial charge in [-0.3, -0.25) is 0 Å². The van der Waals surface area contributed by atoms with Crippen LogP contribution < -0.4 is 0 Å². The molecule has 0 saturated carbocycles. The van der Waals surface area contributed by atoms with Gasteiger partial charge in [0.1, 0.15) is 10.7 Å². The fourth-order valence-corrected chi connectivity index (χ4v) is 0.772. The lowest BCUT2D eigenvalue weighted by Gasteiger charge is -1.91. The smallest absolute Gasteiger partial charge is 0.148 e. The highest BCUT2D eigenvalue weighted by Gasteiger charge is 2.03. The number of nitrogens with zero attached hydrogens (tertiary/aromatic N) is 1. The van der Waals surface area contributed by atoms with Gasteiger partial charge < -0.3 is 4.98 Å². The molecule has 0 aromatic carbocycles. The summed E-state index contributed by atoms with van der Waals surface area (Å²) in [4.78, 5) is 6.32. The Balaban J connectivity index is 2.85. The summed E-state index contributed by atoms with van der Waals surface area (Å²) < 4.78 is 0. The Kier molecular flexibility index (Phi) is 1.98. The van der Waals surface area contributed by atoms with Crippen LogP contribution in [0.2, 0.25) is 0 Å². The molecule has 1 aromatic heterocycles. The first-order chi connectivity index (χ1) is 4.20. The van der Waals surface area contributed by atoms with Crippen molar-refractivity contribution in [1.29, 1.82) is 0 Å². The summed E-state index contributed by atoms with van der Waals surface area (Å²) in [6.07, 6.45) is 1.62. The van der Waals surface area contributed by atoms with E-state index in [2.05, 4.69) is 9.97 Å². The van der Waals surface area contributed by atoms with Crippen molar-refractivity contribution in [3.8, 4) is 0 Å². The van der Waals surface area contributed by atoms with Gasteiger partial charge in [0, 0.05) is 0 Å². The number of aryl methyl sites for hydroxylation is 1. The molecule has 0 amide bonds. The first kappa shape index (κ1) is 6.90. The second-order valence-electron chi connectivity index (χ2n) is 1.72. The molecule has 0 radical (unpaired) electrons. The average molecular weight is 165 g/mol. The third-order valence-electron chi connectivity index (χ3n) is 0.958. The van der Waals surface area contributed by atoms with E-state index in [0.29, 0.717) is 0 Å². The molecule has 50 valence electrons. The molecule has 0 bridgehead atoms. The highest BCUT2D eigenvalue weighted by molar-refractivity contribution is 6.43. The molecule has 1 N–H and O–H groups in total. The van der Waals surface area contributed by atoms with Crippen molar-refractivity contribution in [2.45, 2.75) is 11.8 Å². The number of rotatable bonds is 1. The first-order valence-corrected chi connectivity index (χ1v) is 3.37. The number of nitrogens with one attached hydrogen (secondary N) is 1. The SMILES string of the molecule is Cc1ncc(C(Cl)Cl)[nH]1. The molecular weight excluding hydrogens is 159 g/mol. The van der Waals surface area contributed by atoms with E-state index < -0.39 is 4.84 Å². The van der Waals surface area contributed by atoms with Gasteiger partial charge in [0.15, 0.2) is 0 Å². The number of aromatic amines is 1. The van der Waals surface area contributed by atoms with Crippen molar-refractivity contribution >= 4 is 23.2 Å². The van der Waals surface area contributed by atoms with Crippen LogP contribution in [0, 0.1) is 6.92 Å². The maximum atomic E-state index is 5.51. The van der Waals surface area contributed by atoms with Crippen LogP contribution in [0.25, 0.3) is 0 Å². The van der Waals surface area contributed by atoms with Crippen LogP contribution in [0.3, 0.4) is 0 Å². The van der Waals surface area contributed by atoms with Gasteiger partial charge in [0.05, 0.1) is 11.9 Å². The number of hydrogen-bond donors (Lipinski definition) is 1. The summed E-state index contributed by atoms with van der Waals surface area (Å²) in [5.74, 6) is 0.830. The summed E-state index contributed by atoms with van der Waals surface area (Å²) in [5.41, 5.74) is 0.746. The van der Waals surface area contributed by atoms with Gasteiger partial charge >= 0.3 is 0 Å². The van der Waals surface area contributed by atoms with Gasteiger partial charge in [0.25, 0.3) is 0 Å². The van der Waals surface area contributed by atoms with E-state index in [1.54, 1.807) is 6.20 Å². The minimum absolute atomic E-state index is 0.494. The number of alkyl halides is 2. The van der Waals surface area contributed by atoms with Crippen LogP contribution >= 0.6 is 23.2 Å². The van der Waals surface area contributed by atoms with Crippen molar-refractivity contribution in [3.05, 3.63) is 17.7 Å². The zero-order valence-electron chi connectivity index (χ0n) is 4.86. The largest absolute Gasteiger partial charge is 0.344 e. The summed E-state index contributed by atoms with van der Waals surface area (Å²) >= 11 is 11.0. The van der Waals surface area contributed by atoms with Crippen LogP contribution in [0.1, 0.15) is 16.4 Å². The predicted molar refractivity (Wildman–Crippen MR) is 37.8 cm³/mol. The lowest BCUT2D eigenvalue weighted by Crippen LogP contribution is -1.79. The van der Waals surface area contributed by atoms with Crippen LogP contribution in [0.5, 0.6) is 0 Å². The molecule has 0 aliphatic carbocycles. The van der Waals surface area contributed by atoms with Gasteiger partial charge in [-0.05, 0) is 6.92 Å². The third-order valence-corrected chi connectivity index (χ3v) is 1.43. The molecule has 0 spiro atoms. The maximum Gasteiger partial charge on any atom is 0.148 e. The van der Waals surface area contributed by atoms with E-state index in [0.717, 1.165) is 11.5 Å². The second-order valence-corrected chi connectivity index (χ2v) is 2.82. The van der Waals surface area contributed by atoms with E-state index in [-0.39, 0.29) is 0 Å². The number of hydrogen-bond acceptors (Lipinski definition) is 1. The van der Waals surface area contributed by atoms with Gasteiger partial charge in [-0.2, -0.15) is 0 Å². The lowest BCUT2D eigenvalue weighted by atomic mass is 10.6. The molecule has 0 unspecified atom stereocenters. The van der Waals surface area contributed by atoms with E-state index in [1.807, 2.05) is 6.92 Å². The molecule has 0 atom stereocenters. The monoisotopic (exact) mass is 164 g/mol. The molecule has 0 fully saturated rings. The minimum Gasteiger partial charge on any atom is -0.344 e. The second kappa shape index (κ2) is 2.58. The number of halogens is 2. The standard InChI is InChI=1S/C5H6Cl2N2/c1-3-8-2-4(9-3)5(6)7/h2,5H,1H3,(H,8,9). The van der Waals surface area contributed by atoms with Gasteiger partial charge in [-0.25, -0.2) is 4.98 Å². The summed E-state index contributed by atoms with van der Waals surface area (Å²) in [6, 6.07) is 0. The zero-order chi connectivity index (χ0) is 6.85. The molecule has 1 aromatic rings. The molecular formula is C5H6Cl2N2. The Bertz CT molecular complexity index is 195. The van der Waals surface area contributed by atoms with Crippen molar-refractivity contribution < 1.29 is 0 Å². The number of aromatic nitrogens is 2. The quantitative estimate of drug-likeness (QED) is 0.634. The summed E-state index contributed by atoms with van der Waals surface area (Å²) in [6.45, 7) is 1.85. The highest BCUT2D eigenvalue weighted by atomic mass is 35.5. The summed E-state index contributed by atoms with van der Waals surface area (Å²) in [7, 11) is 0. The Morgan fingerprint density at radius 2 is 2.33 bits per heavy atom. The Morgan fingerprint density at radius 3 is 2.56 bits per heavy atom. The Labute approximate surface area is 63.2 Å². The van der Waals surface area contributed by atoms with Crippen molar-refractivity contribution in [2.24, 2.45) is 0 Å². The molecule has 1 rings (SSSR count). The van der Waals surface area contributed by atoms with Crippen LogP contribution in [0.4, 0.5) is 0 Å². The Hall–Kier alpha value is -0.210. The molecule has 0 aliphatic rings. The van der Waals surface area contributed by atoms with Crippen molar-refractivity contribution in [1.82, 2.24) is 9.97 Å². The molecule has 2 nitrogen and oxygen atoms in total. The molecule has 9 heavy (non-hydrogen) atoms. The topological polar surface area (TPSA) is 28.7 Å².